The molecule has 176 valence electrons. The minimum Gasteiger partial charge on any atom is -0.452 e. The molecule has 1 saturated heterocycles. The fourth-order valence-electron chi connectivity index (χ4n) is 4.54. The summed E-state index contributed by atoms with van der Waals surface area (Å²) in [7, 11) is -3.98. The van der Waals surface area contributed by atoms with Crippen molar-refractivity contribution in [3.8, 4) is 0 Å². The molecule has 9 heteroatoms. The number of nitrogens with zero attached hydrogens (tertiary/aromatic N) is 2. The van der Waals surface area contributed by atoms with Crippen molar-refractivity contribution >= 4 is 27.6 Å². The smallest absolute Gasteiger partial charge is 0.309 e. The van der Waals surface area contributed by atoms with Gasteiger partial charge >= 0.3 is 5.97 Å². The van der Waals surface area contributed by atoms with Crippen LogP contribution in [-0.4, -0.2) is 49.8 Å². The summed E-state index contributed by atoms with van der Waals surface area (Å²) in [5, 5.41) is 0. The molecule has 1 amide bonds. The third-order valence-electron chi connectivity index (χ3n) is 6.33. The SMILES string of the molecule is C[C@@H]1Cc2ccccc2N1C(=O)[C@@H](C)OC(=O)C1CCN(S(=O)(=O)c2ccccc2F)CC1. The lowest BCUT2D eigenvalue weighted by Crippen LogP contribution is -2.45. The fourth-order valence-corrected chi connectivity index (χ4v) is 6.08. The molecule has 2 atom stereocenters. The maximum Gasteiger partial charge on any atom is 0.309 e. The first-order valence-corrected chi connectivity index (χ1v) is 12.5. The summed E-state index contributed by atoms with van der Waals surface area (Å²) in [6.07, 6.45) is 0.288. The number of carbonyl (C=O) groups excluding carboxylic acids is 2. The van der Waals surface area contributed by atoms with Crippen LogP contribution in [0.3, 0.4) is 0 Å². The van der Waals surface area contributed by atoms with Crippen molar-refractivity contribution in [2.45, 2.75) is 50.2 Å². The van der Waals surface area contributed by atoms with E-state index in [1.807, 2.05) is 31.2 Å². The highest BCUT2D eigenvalue weighted by Crippen LogP contribution is 2.33. The molecule has 0 saturated carbocycles. The first kappa shape index (κ1) is 23.4. The Labute approximate surface area is 193 Å². The molecule has 0 radical (unpaired) electrons. The second-order valence-electron chi connectivity index (χ2n) is 8.58. The van der Waals surface area contributed by atoms with Gasteiger partial charge in [0, 0.05) is 24.8 Å². The Morgan fingerprint density at radius 1 is 1.06 bits per heavy atom. The summed E-state index contributed by atoms with van der Waals surface area (Å²) in [6.45, 7) is 3.68. The molecule has 33 heavy (non-hydrogen) atoms. The van der Waals surface area contributed by atoms with Crippen LogP contribution in [0.4, 0.5) is 10.1 Å². The number of anilines is 1. The van der Waals surface area contributed by atoms with E-state index in [4.69, 9.17) is 4.74 Å². The maximum absolute atomic E-state index is 14.0. The van der Waals surface area contributed by atoms with Crippen LogP contribution in [0.2, 0.25) is 0 Å². The molecule has 0 N–H and O–H groups in total. The molecule has 2 aliphatic heterocycles. The second-order valence-corrected chi connectivity index (χ2v) is 10.5. The van der Waals surface area contributed by atoms with Gasteiger partial charge in [-0.3, -0.25) is 9.59 Å². The Balaban J connectivity index is 1.36. The summed E-state index contributed by atoms with van der Waals surface area (Å²) in [5.74, 6) is -2.11. The summed E-state index contributed by atoms with van der Waals surface area (Å²) in [5.41, 5.74) is 1.92. The number of benzene rings is 2. The number of fused-ring (bicyclic) bond motifs is 1. The molecular formula is C24H27FN2O5S. The molecule has 2 aliphatic rings. The molecule has 2 heterocycles. The first-order chi connectivity index (χ1) is 15.7. The van der Waals surface area contributed by atoms with Crippen LogP contribution in [0, 0.1) is 11.7 Å². The van der Waals surface area contributed by atoms with Gasteiger partial charge in [0.2, 0.25) is 10.0 Å². The molecule has 2 aromatic rings. The lowest BCUT2D eigenvalue weighted by atomic mass is 9.98. The van der Waals surface area contributed by atoms with E-state index in [9.17, 15) is 22.4 Å². The monoisotopic (exact) mass is 474 g/mol. The number of piperidine rings is 1. The highest BCUT2D eigenvalue weighted by atomic mass is 32.2. The van der Waals surface area contributed by atoms with Gasteiger partial charge in [0.1, 0.15) is 10.7 Å². The molecule has 0 bridgehead atoms. The van der Waals surface area contributed by atoms with Gasteiger partial charge in [0.05, 0.1) is 5.92 Å². The number of para-hydroxylation sites is 1. The van der Waals surface area contributed by atoms with Crippen molar-refractivity contribution < 1.29 is 27.1 Å². The molecule has 0 aromatic heterocycles. The van der Waals surface area contributed by atoms with Crippen LogP contribution in [-0.2, 0) is 30.8 Å². The van der Waals surface area contributed by atoms with Crippen molar-refractivity contribution in [2.75, 3.05) is 18.0 Å². The Hall–Kier alpha value is -2.78. The number of hydrogen-bond acceptors (Lipinski definition) is 5. The Morgan fingerprint density at radius 2 is 1.70 bits per heavy atom. The largest absolute Gasteiger partial charge is 0.452 e. The lowest BCUT2D eigenvalue weighted by Gasteiger charge is -2.31. The minimum atomic E-state index is -3.98. The van der Waals surface area contributed by atoms with E-state index in [-0.39, 0.29) is 42.8 Å². The second kappa shape index (κ2) is 9.23. The summed E-state index contributed by atoms with van der Waals surface area (Å²) < 4.78 is 46.2. The van der Waals surface area contributed by atoms with Gasteiger partial charge < -0.3 is 9.64 Å². The number of rotatable bonds is 5. The highest BCUT2D eigenvalue weighted by molar-refractivity contribution is 7.89. The van der Waals surface area contributed by atoms with E-state index >= 15 is 0 Å². The summed E-state index contributed by atoms with van der Waals surface area (Å²) in [6, 6.07) is 12.9. The molecular weight excluding hydrogens is 447 g/mol. The van der Waals surface area contributed by atoms with Gasteiger partial charge in [-0.1, -0.05) is 30.3 Å². The Bertz CT molecular complexity index is 1160. The van der Waals surface area contributed by atoms with Crippen LogP contribution >= 0.6 is 0 Å². The quantitative estimate of drug-likeness (QED) is 0.622. The predicted molar refractivity (Wildman–Crippen MR) is 121 cm³/mol. The van der Waals surface area contributed by atoms with Gasteiger partial charge in [-0.25, -0.2) is 12.8 Å². The standard InChI is InChI=1S/C24H27FN2O5S/c1-16-15-19-7-3-5-9-21(19)27(16)23(28)17(2)32-24(29)18-11-13-26(14-12-18)33(30,31)22-10-6-4-8-20(22)25/h3-10,16-18H,11-15H2,1-2H3/t16-,17-/m1/s1. The number of amides is 1. The molecule has 0 spiro atoms. The number of sulfonamides is 1. The summed E-state index contributed by atoms with van der Waals surface area (Å²) in [4.78, 5) is 27.1. The average Bonchev–Trinajstić information content (AvgIpc) is 3.14. The number of halogens is 1. The van der Waals surface area contributed by atoms with Gasteiger partial charge in [0.15, 0.2) is 6.10 Å². The minimum absolute atomic E-state index is 0.0251. The third-order valence-corrected chi connectivity index (χ3v) is 8.26. The molecule has 7 nitrogen and oxygen atoms in total. The van der Waals surface area contributed by atoms with Crippen molar-refractivity contribution in [3.63, 3.8) is 0 Å². The zero-order chi connectivity index (χ0) is 23.8. The van der Waals surface area contributed by atoms with Crippen LogP contribution in [0.25, 0.3) is 0 Å². The van der Waals surface area contributed by atoms with Crippen molar-refractivity contribution in [2.24, 2.45) is 5.92 Å². The van der Waals surface area contributed by atoms with Crippen molar-refractivity contribution in [3.05, 3.63) is 59.9 Å². The van der Waals surface area contributed by atoms with Crippen LogP contribution < -0.4 is 4.90 Å². The van der Waals surface area contributed by atoms with E-state index in [2.05, 4.69) is 0 Å². The summed E-state index contributed by atoms with van der Waals surface area (Å²) >= 11 is 0. The molecule has 4 rings (SSSR count). The highest BCUT2D eigenvalue weighted by Gasteiger charge is 2.37. The van der Waals surface area contributed by atoms with Gasteiger partial charge in [-0.2, -0.15) is 4.31 Å². The normalized spacial score (nSPS) is 20.3. The number of carbonyl (C=O) groups is 2. The van der Waals surface area contributed by atoms with E-state index in [0.717, 1.165) is 23.7 Å². The Kier molecular flexibility index (Phi) is 6.54. The molecule has 2 aromatic carbocycles. The third kappa shape index (κ3) is 4.52. The van der Waals surface area contributed by atoms with Crippen molar-refractivity contribution in [1.82, 2.24) is 4.31 Å². The van der Waals surface area contributed by atoms with E-state index in [1.165, 1.54) is 22.5 Å². The molecule has 1 fully saturated rings. The van der Waals surface area contributed by atoms with Crippen LogP contribution in [0.15, 0.2) is 53.4 Å². The van der Waals surface area contributed by atoms with E-state index < -0.39 is 33.8 Å². The molecule has 0 unspecified atom stereocenters. The topological polar surface area (TPSA) is 84.0 Å². The first-order valence-electron chi connectivity index (χ1n) is 11.1. The predicted octanol–water partition coefficient (Wildman–Crippen LogP) is 3.14. The lowest BCUT2D eigenvalue weighted by molar-refractivity contribution is -0.159. The number of hydrogen-bond donors (Lipinski definition) is 0. The number of ether oxygens (including phenoxy) is 1. The number of esters is 1. The van der Waals surface area contributed by atoms with Gasteiger partial charge in [0.25, 0.3) is 5.91 Å². The fraction of sp³-hybridized carbons (Fsp3) is 0.417. The van der Waals surface area contributed by atoms with Gasteiger partial charge in [-0.15, -0.1) is 0 Å². The van der Waals surface area contributed by atoms with E-state index in [1.54, 1.807) is 11.8 Å². The average molecular weight is 475 g/mol. The van der Waals surface area contributed by atoms with Crippen LogP contribution in [0.1, 0.15) is 32.3 Å². The van der Waals surface area contributed by atoms with Crippen LogP contribution in [0.5, 0.6) is 0 Å². The molecule has 0 aliphatic carbocycles. The van der Waals surface area contributed by atoms with E-state index in [0.29, 0.717) is 0 Å². The zero-order valence-corrected chi connectivity index (χ0v) is 19.4. The Morgan fingerprint density at radius 3 is 2.39 bits per heavy atom. The maximum atomic E-state index is 14.0. The van der Waals surface area contributed by atoms with Crippen molar-refractivity contribution in [1.29, 1.82) is 0 Å². The zero-order valence-electron chi connectivity index (χ0n) is 18.6. The van der Waals surface area contributed by atoms with Gasteiger partial charge in [-0.05, 0) is 56.9 Å².